The lowest BCUT2D eigenvalue weighted by Crippen LogP contribution is -2.45. The van der Waals surface area contributed by atoms with Crippen molar-refractivity contribution in [3.05, 3.63) is 59.9 Å². The van der Waals surface area contributed by atoms with Crippen molar-refractivity contribution in [2.24, 2.45) is 0 Å². The molecule has 2 amide bonds. The Morgan fingerprint density at radius 2 is 1.85 bits per heavy atom. The highest BCUT2D eigenvalue weighted by Crippen LogP contribution is 2.37. The third-order valence-electron chi connectivity index (χ3n) is 4.46. The lowest BCUT2D eigenvalue weighted by molar-refractivity contribution is -0.131. The van der Waals surface area contributed by atoms with Gasteiger partial charge in [-0.05, 0) is 43.7 Å². The van der Waals surface area contributed by atoms with Crippen LogP contribution in [-0.4, -0.2) is 36.3 Å². The first-order chi connectivity index (χ1) is 13.0. The lowest BCUT2D eigenvalue weighted by Gasteiger charge is -2.32. The van der Waals surface area contributed by atoms with Gasteiger partial charge in [-0.3, -0.25) is 14.5 Å². The van der Waals surface area contributed by atoms with E-state index in [-0.39, 0.29) is 24.1 Å². The fourth-order valence-corrected chi connectivity index (χ4v) is 3.00. The summed E-state index contributed by atoms with van der Waals surface area (Å²) >= 11 is 0. The van der Waals surface area contributed by atoms with E-state index in [2.05, 4.69) is 0 Å². The number of anilines is 2. The van der Waals surface area contributed by atoms with Crippen LogP contribution in [0.2, 0.25) is 0 Å². The molecule has 0 unspecified atom stereocenters. The van der Waals surface area contributed by atoms with Gasteiger partial charge in [-0.25, -0.2) is 0 Å². The van der Waals surface area contributed by atoms with Gasteiger partial charge in [0.15, 0.2) is 11.5 Å². The number of hydrogen-bond acceptors (Lipinski definition) is 4. The van der Waals surface area contributed by atoms with Crippen LogP contribution < -0.4 is 15.4 Å². The number of fused-ring (bicyclic) bond motifs is 1. The summed E-state index contributed by atoms with van der Waals surface area (Å²) in [7, 11) is 0. The van der Waals surface area contributed by atoms with Crippen LogP contribution in [0, 0.1) is 0 Å². The van der Waals surface area contributed by atoms with Crippen LogP contribution in [0.15, 0.2) is 54.3 Å². The number of rotatable bonds is 5. The fourth-order valence-electron chi connectivity index (χ4n) is 3.00. The number of carbonyl (C=O) groups excluding carboxylic acids is 2. The van der Waals surface area contributed by atoms with E-state index in [4.69, 9.17) is 10.5 Å². The molecule has 0 saturated carbocycles. The molecule has 0 fully saturated rings. The zero-order valence-corrected chi connectivity index (χ0v) is 15.5. The van der Waals surface area contributed by atoms with Gasteiger partial charge in [-0.2, -0.15) is 0 Å². The summed E-state index contributed by atoms with van der Waals surface area (Å²) in [4.78, 5) is 28.8. The Bertz CT molecular complexity index is 873. The molecule has 0 radical (unpaired) electrons. The fraction of sp³-hybridized carbons (Fsp3) is 0.238. The van der Waals surface area contributed by atoms with Crippen LogP contribution in [0.3, 0.4) is 0 Å². The molecule has 3 rings (SSSR count). The zero-order chi connectivity index (χ0) is 19.4. The van der Waals surface area contributed by atoms with E-state index in [9.17, 15) is 9.59 Å². The molecular formula is C21H23N3O3. The van der Waals surface area contributed by atoms with Gasteiger partial charge in [0.05, 0.1) is 5.69 Å². The van der Waals surface area contributed by atoms with Gasteiger partial charge in [-0.1, -0.05) is 30.3 Å². The molecule has 0 spiro atoms. The minimum Gasteiger partial charge on any atom is -0.449 e. The molecule has 0 atom stereocenters. The highest BCUT2D eigenvalue weighted by atomic mass is 16.5. The van der Waals surface area contributed by atoms with Gasteiger partial charge in [0.1, 0.15) is 6.54 Å². The van der Waals surface area contributed by atoms with E-state index in [1.54, 1.807) is 29.2 Å². The van der Waals surface area contributed by atoms with Crippen molar-refractivity contribution in [1.29, 1.82) is 0 Å². The third kappa shape index (κ3) is 3.95. The standard InChI is InChI=1S/C21H23N3O3/c1-3-23(4-2)20(25)14-24-17-13-16(22)10-11-18(17)27-19(21(24)26)12-15-8-6-5-7-9-15/h5-13H,3-4,14,22H2,1-2H3/b19-12+. The van der Waals surface area contributed by atoms with E-state index >= 15 is 0 Å². The van der Waals surface area contributed by atoms with Crippen molar-refractivity contribution >= 4 is 29.3 Å². The second kappa shape index (κ2) is 7.95. The first-order valence-corrected chi connectivity index (χ1v) is 8.97. The van der Waals surface area contributed by atoms with E-state index < -0.39 is 0 Å². The number of hydrogen-bond donors (Lipinski definition) is 1. The first-order valence-electron chi connectivity index (χ1n) is 8.97. The van der Waals surface area contributed by atoms with E-state index in [0.717, 1.165) is 5.56 Å². The molecule has 0 bridgehead atoms. The number of nitrogens with two attached hydrogens (primary N) is 1. The number of nitrogens with zero attached hydrogens (tertiary/aromatic N) is 2. The third-order valence-corrected chi connectivity index (χ3v) is 4.46. The van der Waals surface area contributed by atoms with E-state index in [1.165, 1.54) is 4.90 Å². The van der Waals surface area contributed by atoms with Gasteiger partial charge >= 0.3 is 0 Å². The second-order valence-electron chi connectivity index (χ2n) is 6.21. The summed E-state index contributed by atoms with van der Waals surface area (Å²) in [5.41, 5.74) is 7.74. The normalized spacial score (nSPS) is 14.7. The van der Waals surface area contributed by atoms with Crippen LogP contribution in [-0.2, 0) is 9.59 Å². The van der Waals surface area contributed by atoms with Gasteiger partial charge in [0.2, 0.25) is 5.91 Å². The molecule has 2 aromatic carbocycles. The molecule has 2 aromatic rings. The summed E-state index contributed by atoms with van der Waals surface area (Å²) in [6, 6.07) is 14.5. The maximum absolute atomic E-state index is 13.1. The Balaban J connectivity index is 1.99. The van der Waals surface area contributed by atoms with Crippen molar-refractivity contribution < 1.29 is 14.3 Å². The van der Waals surface area contributed by atoms with Gasteiger partial charge in [0, 0.05) is 18.8 Å². The van der Waals surface area contributed by atoms with Crippen molar-refractivity contribution in [2.45, 2.75) is 13.8 Å². The molecule has 1 aliphatic heterocycles. The van der Waals surface area contributed by atoms with E-state index in [1.807, 2.05) is 44.2 Å². The predicted octanol–water partition coefficient (Wildman–Crippen LogP) is 2.90. The molecule has 0 aromatic heterocycles. The van der Waals surface area contributed by atoms with Gasteiger partial charge < -0.3 is 15.4 Å². The molecule has 0 saturated heterocycles. The first kappa shape index (κ1) is 18.5. The topological polar surface area (TPSA) is 75.9 Å². The summed E-state index contributed by atoms with van der Waals surface area (Å²) in [6.45, 7) is 4.94. The Morgan fingerprint density at radius 3 is 2.52 bits per heavy atom. The van der Waals surface area contributed by atoms with Crippen molar-refractivity contribution in [1.82, 2.24) is 4.90 Å². The monoisotopic (exact) mass is 365 g/mol. The van der Waals surface area contributed by atoms with Gasteiger partial charge in [-0.15, -0.1) is 0 Å². The number of benzene rings is 2. The highest BCUT2D eigenvalue weighted by Gasteiger charge is 2.32. The summed E-state index contributed by atoms with van der Waals surface area (Å²) in [5.74, 6) is 0.185. The molecule has 1 heterocycles. The Morgan fingerprint density at radius 1 is 1.15 bits per heavy atom. The number of nitrogen functional groups attached to an aromatic ring is 1. The van der Waals surface area contributed by atoms with E-state index in [0.29, 0.717) is 30.2 Å². The van der Waals surface area contributed by atoms with Crippen molar-refractivity contribution in [3.63, 3.8) is 0 Å². The van der Waals surface area contributed by atoms with Crippen LogP contribution in [0.1, 0.15) is 19.4 Å². The van der Waals surface area contributed by atoms with Crippen molar-refractivity contribution in [2.75, 3.05) is 30.3 Å². The zero-order valence-electron chi connectivity index (χ0n) is 15.5. The Hall–Kier alpha value is -3.28. The molecule has 6 nitrogen and oxygen atoms in total. The minimum atomic E-state index is -0.363. The Kier molecular flexibility index (Phi) is 5.45. The Labute approximate surface area is 158 Å². The number of amides is 2. The van der Waals surface area contributed by atoms with Crippen molar-refractivity contribution in [3.8, 4) is 5.75 Å². The van der Waals surface area contributed by atoms with Crippen LogP contribution in [0.5, 0.6) is 5.75 Å². The number of ether oxygens (including phenoxy) is 1. The van der Waals surface area contributed by atoms with Crippen LogP contribution >= 0.6 is 0 Å². The average molecular weight is 365 g/mol. The highest BCUT2D eigenvalue weighted by molar-refractivity contribution is 6.12. The van der Waals surface area contributed by atoms with Crippen LogP contribution in [0.4, 0.5) is 11.4 Å². The second-order valence-corrected chi connectivity index (χ2v) is 6.21. The quantitative estimate of drug-likeness (QED) is 0.653. The van der Waals surface area contributed by atoms with Gasteiger partial charge in [0.25, 0.3) is 5.91 Å². The largest absolute Gasteiger partial charge is 0.449 e. The molecule has 1 aliphatic rings. The number of carbonyl (C=O) groups is 2. The lowest BCUT2D eigenvalue weighted by atomic mass is 10.1. The average Bonchev–Trinajstić information content (AvgIpc) is 2.67. The molecular weight excluding hydrogens is 342 g/mol. The minimum absolute atomic E-state index is 0.0630. The molecule has 27 heavy (non-hydrogen) atoms. The molecule has 140 valence electrons. The summed E-state index contributed by atoms with van der Waals surface area (Å²) in [6.07, 6.45) is 1.68. The molecule has 2 N–H and O–H groups in total. The summed E-state index contributed by atoms with van der Waals surface area (Å²) < 4.78 is 5.82. The SMILES string of the molecule is CCN(CC)C(=O)CN1C(=O)/C(=C\c2ccccc2)Oc2ccc(N)cc21. The smallest absolute Gasteiger partial charge is 0.294 e. The predicted molar refractivity (Wildman–Crippen MR) is 106 cm³/mol. The molecule has 6 heteroatoms. The maximum Gasteiger partial charge on any atom is 0.294 e. The van der Waals surface area contributed by atoms with Crippen LogP contribution in [0.25, 0.3) is 6.08 Å². The molecule has 0 aliphatic carbocycles. The summed E-state index contributed by atoms with van der Waals surface area (Å²) in [5, 5.41) is 0. The maximum atomic E-state index is 13.1. The number of likely N-dealkylation sites (N-methyl/N-ethyl adjacent to an activating group) is 1.